The quantitative estimate of drug-likeness (QED) is 0.396. The third kappa shape index (κ3) is 3.72. The lowest BCUT2D eigenvalue weighted by Gasteiger charge is -2.37. The van der Waals surface area contributed by atoms with E-state index in [0.717, 1.165) is 5.52 Å². The summed E-state index contributed by atoms with van der Waals surface area (Å²) in [6.45, 7) is 3.75. The highest BCUT2D eigenvalue weighted by atomic mass is 79.9. The van der Waals surface area contributed by atoms with Crippen LogP contribution in [0.3, 0.4) is 0 Å². The summed E-state index contributed by atoms with van der Waals surface area (Å²) in [7, 11) is 1.53. The molecule has 0 radical (unpaired) electrons. The highest BCUT2D eigenvalue weighted by Crippen LogP contribution is 2.60. The molecule has 1 aromatic heterocycles. The molecule has 3 aliphatic rings. The van der Waals surface area contributed by atoms with Crippen molar-refractivity contribution in [2.75, 3.05) is 13.7 Å². The third-order valence-corrected chi connectivity index (χ3v) is 8.54. The Kier molecular flexibility index (Phi) is 6.54. The second-order valence-corrected chi connectivity index (χ2v) is 11.4. The van der Waals surface area contributed by atoms with Gasteiger partial charge in [-0.2, -0.15) is 0 Å². The average Bonchev–Trinajstić information content (AvgIpc) is 3.57. The van der Waals surface area contributed by atoms with Crippen molar-refractivity contribution >= 4 is 44.7 Å². The molecule has 2 aromatic rings. The Morgan fingerprint density at radius 3 is 2.75 bits per heavy atom. The SMILES string of the molecule is CNC(=O)[C@H]1[C@H]2C(=O)N([C@@H](CO)CC(C)C)C(C(=O)NCn3nnc4ccccc43)C23CC(Br)[C@@H]1O3. The van der Waals surface area contributed by atoms with Gasteiger partial charge in [0.15, 0.2) is 0 Å². The van der Waals surface area contributed by atoms with E-state index in [1.165, 1.54) is 11.9 Å². The molecule has 3 N–H and O–H groups in total. The Hall–Kier alpha value is -2.57. The van der Waals surface area contributed by atoms with Gasteiger partial charge < -0.3 is 25.4 Å². The number of benzene rings is 1. The summed E-state index contributed by atoms with van der Waals surface area (Å²) in [4.78, 5) is 42.0. The first kappa shape index (κ1) is 25.1. The smallest absolute Gasteiger partial charge is 0.247 e. The number of nitrogens with one attached hydrogen (secondary N) is 2. The minimum Gasteiger partial charge on any atom is -0.394 e. The number of nitrogens with zero attached hydrogens (tertiary/aromatic N) is 4. The van der Waals surface area contributed by atoms with Crippen molar-refractivity contribution in [2.45, 2.75) is 62.0 Å². The lowest BCUT2D eigenvalue weighted by Crippen LogP contribution is -2.58. The van der Waals surface area contributed by atoms with Crippen LogP contribution in [0.1, 0.15) is 26.7 Å². The lowest BCUT2D eigenvalue weighted by molar-refractivity contribution is -0.146. The number of aliphatic hydroxyl groups excluding tert-OH is 1. The minimum atomic E-state index is -1.17. The summed E-state index contributed by atoms with van der Waals surface area (Å²) in [6, 6.07) is 5.83. The maximum atomic E-state index is 13.9. The topological polar surface area (TPSA) is 139 Å². The number of aliphatic hydroxyl groups is 1. The van der Waals surface area contributed by atoms with Crippen molar-refractivity contribution in [2.24, 2.45) is 17.8 Å². The van der Waals surface area contributed by atoms with Crippen LogP contribution in [-0.4, -0.2) is 85.0 Å². The fraction of sp³-hybridized carbons (Fsp3) is 0.625. The molecule has 1 spiro atoms. The van der Waals surface area contributed by atoms with Crippen LogP contribution < -0.4 is 10.6 Å². The van der Waals surface area contributed by atoms with Crippen molar-refractivity contribution in [1.29, 1.82) is 0 Å². The summed E-state index contributed by atoms with van der Waals surface area (Å²) in [6.07, 6.45) is 0.393. The van der Waals surface area contributed by atoms with Gasteiger partial charge in [0.25, 0.3) is 0 Å². The maximum absolute atomic E-state index is 13.9. The maximum Gasteiger partial charge on any atom is 0.247 e. The first-order valence-corrected chi connectivity index (χ1v) is 13.2. The van der Waals surface area contributed by atoms with E-state index in [1.54, 1.807) is 4.68 Å². The normalized spacial score (nSPS) is 31.8. The van der Waals surface area contributed by atoms with Crippen LogP contribution in [-0.2, 0) is 25.8 Å². The molecule has 36 heavy (non-hydrogen) atoms. The number of ether oxygens (including phenoxy) is 1. The molecular formula is C24H31BrN6O5. The fourth-order valence-corrected chi connectivity index (χ4v) is 7.27. The van der Waals surface area contributed by atoms with E-state index in [-0.39, 0.29) is 35.8 Å². The number of hydrogen-bond acceptors (Lipinski definition) is 7. The van der Waals surface area contributed by atoms with Crippen molar-refractivity contribution in [3.63, 3.8) is 0 Å². The summed E-state index contributed by atoms with van der Waals surface area (Å²) in [5, 5.41) is 24.1. The monoisotopic (exact) mass is 562 g/mol. The standard InChI is InChI=1S/C24H31BrN6O5/c1-12(2)8-13(10-32)31-20(22(34)27-11-30-16-7-5-4-6-15(16)28-29-30)24-9-14(25)19(36-24)17(21(33)26-3)18(24)23(31)35/h4-7,12-14,17-20,32H,8-11H2,1-3H3,(H,26,33)(H,27,34)/t13-,14?,17+,18+,19+,20?,24?/m1/s1. The molecule has 1 aromatic carbocycles. The summed E-state index contributed by atoms with van der Waals surface area (Å²) >= 11 is 3.63. The highest BCUT2D eigenvalue weighted by molar-refractivity contribution is 9.09. The molecule has 3 fully saturated rings. The molecule has 3 saturated heterocycles. The number of halogens is 1. The molecule has 5 rings (SSSR count). The molecule has 2 bridgehead atoms. The Labute approximate surface area is 217 Å². The predicted molar refractivity (Wildman–Crippen MR) is 133 cm³/mol. The third-order valence-electron chi connectivity index (χ3n) is 7.70. The molecule has 11 nitrogen and oxygen atoms in total. The Morgan fingerprint density at radius 1 is 1.31 bits per heavy atom. The molecule has 194 valence electrons. The van der Waals surface area contributed by atoms with Crippen LogP contribution in [0.5, 0.6) is 0 Å². The van der Waals surface area contributed by atoms with Crippen LogP contribution in [0.15, 0.2) is 24.3 Å². The number of rotatable bonds is 8. The summed E-state index contributed by atoms with van der Waals surface area (Å²) < 4.78 is 8.00. The van der Waals surface area contributed by atoms with Gasteiger partial charge >= 0.3 is 0 Å². The van der Waals surface area contributed by atoms with Crippen molar-refractivity contribution in [3.8, 4) is 0 Å². The van der Waals surface area contributed by atoms with Crippen LogP contribution >= 0.6 is 15.9 Å². The molecule has 4 heterocycles. The number of carbonyl (C=O) groups is 3. The number of likely N-dealkylation sites (tertiary alicyclic amines) is 1. The molecule has 12 heteroatoms. The Balaban J connectivity index is 1.50. The number of aromatic nitrogens is 3. The second-order valence-electron chi connectivity index (χ2n) is 10.3. The summed E-state index contributed by atoms with van der Waals surface area (Å²) in [5.74, 6) is -2.38. The van der Waals surface area contributed by atoms with Gasteiger partial charge in [-0.3, -0.25) is 14.4 Å². The second kappa shape index (κ2) is 9.38. The van der Waals surface area contributed by atoms with Gasteiger partial charge in [-0.25, -0.2) is 4.68 Å². The molecule has 0 aliphatic carbocycles. The van der Waals surface area contributed by atoms with Crippen molar-refractivity contribution in [3.05, 3.63) is 24.3 Å². The highest BCUT2D eigenvalue weighted by Gasteiger charge is 2.76. The fourth-order valence-electron chi connectivity index (χ4n) is 6.33. The van der Waals surface area contributed by atoms with Crippen molar-refractivity contribution in [1.82, 2.24) is 30.5 Å². The van der Waals surface area contributed by atoms with E-state index < -0.39 is 41.5 Å². The zero-order valence-electron chi connectivity index (χ0n) is 20.4. The van der Waals surface area contributed by atoms with E-state index in [4.69, 9.17) is 4.74 Å². The first-order chi connectivity index (χ1) is 17.2. The van der Waals surface area contributed by atoms with Gasteiger partial charge in [0, 0.05) is 11.9 Å². The van der Waals surface area contributed by atoms with Gasteiger partial charge in [0.1, 0.15) is 23.8 Å². The molecular weight excluding hydrogens is 532 g/mol. The Bertz CT molecular complexity index is 1190. The predicted octanol–water partition coefficient (Wildman–Crippen LogP) is 0.406. The molecule has 3 amide bonds. The van der Waals surface area contributed by atoms with E-state index >= 15 is 0 Å². The van der Waals surface area contributed by atoms with Gasteiger partial charge in [-0.15, -0.1) is 5.10 Å². The van der Waals surface area contributed by atoms with Crippen LogP contribution in [0.2, 0.25) is 0 Å². The molecule has 3 unspecified atom stereocenters. The number of para-hydroxylation sites is 1. The average molecular weight is 563 g/mol. The van der Waals surface area contributed by atoms with Gasteiger partial charge in [0.2, 0.25) is 17.7 Å². The van der Waals surface area contributed by atoms with Crippen LogP contribution in [0.25, 0.3) is 11.0 Å². The number of fused-ring (bicyclic) bond motifs is 2. The van der Waals surface area contributed by atoms with Gasteiger partial charge in [0.05, 0.1) is 36.1 Å². The number of carbonyl (C=O) groups excluding carboxylic acids is 3. The minimum absolute atomic E-state index is 0.0483. The van der Waals surface area contributed by atoms with E-state index in [9.17, 15) is 19.5 Å². The lowest BCUT2D eigenvalue weighted by atomic mass is 9.70. The zero-order valence-corrected chi connectivity index (χ0v) is 22.0. The number of alkyl halides is 1. The van der Waals surface area contributed by atoms with Crippen LogP contribution in [0.4, 0.5) is 0 Å². The van der Waals surface area contributed by atoms with Crippen molar-refractivity contribution < 1.29 is 24.2 Å². The number of amides is 3. The Morgan fingerprint density at radius 2 is 2.06 bits per heavy atom. The molecule has 7 atom stereocenters. The number of hydrogen-bond donors (Lipinski definition) is 3. The van der Waals surface area contributed by atoms with E-state index in [1.807, 2.05) is 38.1 Å². The first-order valence-electron chi connectivity index (χ1n) is 12.3. The van der Waals surface area contributed by atoms with Gasteiger partial charge in [-0.05, 0) is 30.9 Å². The van der Waals surface area contributed by atoms with Gasteiger partial charge in [-0.1, -0.05) is 47.1 Å². The molecule has 0 saturated carbocycles. The van der Waals surface area contributed by atoms with Crippen LogP contribution in [0, 0.1) is 17.8 Å². The zero-order chi connectivity index (χ0) is 25.8. The summed E-state index contributed by atoms with van der Waals surface area (Å²) in [5.41, 5.74) is 0.291. The largest absolute Gasteiger partial charge is 0.394 e. The van der Waals surface area contributed by atoms with E-state index in [0.29, 0.717) is 18.4 Å². The van der Waals surface area contributed by atoms with E-state index in [2.05, 4.69) is 36.9 Å². The molecule has 3 aliphatic heterocycles.